The fourth-order valence-electron chi connectivity index (χ4n) is 8.35. The van der Waals surface area contributed by atoms with Crippen LogP contribution in [0, 0.1) is 17.8 Å². The lowest BCUT2D eigenvalue weighted by Gasteiger charge is -2.43. The van der Waals surface area contributed by atoms with Crippen LogP contribution < -0.4 is 27.0 Å². The summed E-state index contributed by atoms with van der Waals surface area (Å²) in [6.07, 6.45) is 3.36. The van der Waals surface area contributed by atoms with Crippen LogP contribution in [0.2, 0.25) is 0 Å². The largest absolute Gasteiger partial charge is 0.480 e. The number of carboxylic acids is 1. The van der Waals surface area contributed by atoms with Gasteiger partial charge in [-0.3, -0.25) is 38.5 Å². The molecule has 0 radical (unpaired) electrons. The molecule has 2 saturated heterocycles. The third kappa shape index (κ3) is 13.7. The second-order valence-electron chi connectivity index (χ2n) is 17.7. The van der Waals surface area contributed by atoms with E-state index in [9.17, 15) is 53.1 Å². The molecular formula is C47H59N7O12S. The lowest BCUT2D eigenvalue weighted by Crippen LogP contribution is -2.63. The predicted octanol–water partition coefficient (Wildman–Crippen LogP) is 3.97. The summed E-state index contributed by atoms with van der Waals surface area (Å²) >= 11 is 1.34. The Morgan fingerprint density at radius 1 is 0.866 bits per heavy atom. The molecule has 3 aliphatic heterocycles. The number of primary amides is 1. The third-order valence-corrected chi connectivity index (χ3v) is 13.5. The van der Waals surface area contributed by atoms with E-state index in [0.29, 0.717) is 42.5 Å². The number of amides is 8. The van der Waals surface area contributed by atoms with E-state index >= 15 is 0 Å². The minimum atomic E-state index is -1.15. The molecule has 0 bridgehead atoms. The number of anilines is 1. The zero-order valence-electron chi connectivity index (χ0n) is 38.0. The van der Waals surface area contributed by atoms with Crippen LogP contribution in [0.3, 0.4) is 0 Å². The number of nitrogens with zero attached hydrogens (tertiary/aromatic N) is 2. The van der Waals surface area contributed by atoms with Gasteiger partial charge in [0.1, 0.15) is 18.7 Å². The van der Waals surface area contributed by atoms with Crippen LogP contribution in [-0.2, 0) is 49.7 Å². The highest BCUT2D eigenvalue weighted by atomic mass is 32.2. The Kier molecular flexibility index (Phi) is 17.8. The van der Waals surface area contributed by atoms with Crippen molar-refractivity contribution >= 4 is 76.6 Å². The molecule has 360 valence electrons. The Balaban J connectivity index is 1.13. The number of unbranched alkanes of at least 4 members (excludes halogenated alkanes) is 2. The zero-order chi connectivity index (χ0) is 49.0. The van der Waals surface area contributed by atoms with Crippen LogP contribution in [0.25, 0.3) is 0 Å². The van der Waals surface area contributed by atoms with Crippen molar-refractivity contribution in [2.75, 3.05) is 18.4 Å². The first-order valence-electron chi connectivity index (χ1n) is 22.3. The Morgan fingerprint density at radius 2 is 1.54 bits per heavy atom. The molecule has 20 heteroatoms. The Bertz CT molecular complexity index is 2220. The molecule has 3 heterocycles. The number of ether oxygens (including phenoxy) is 1. The molecule has 19 nitrogen and oxygen atoms in total. The molecule has 5 rings (SSSR count). The van der Waals surface area contributed by atoms with Crippen molar-refractivity contribution in [2.24, 2.45) is 23.5 Å². The van der Waals surface area contributed by atoms with Crippen molar-refractivity contribution in [3.05, 3.63) is 77.9 Å². The van der Waals surface area contributed by atoms with Crippen molar-refractivity contribution in [1.29, 1.82) is 0 Å². The van der Waals surface area contributed by atoms with Crippen molar-refractivity contribution in [1.82, 2.24) is 25.8 Å². The second-order valence-corrected chi connectivity index (χ2v) is 19.5. The van der Waals surface area contributed by atoms with E-state index in [1.54, 1.807) is 82.3 Å². The van der Waals surface area contributed by atoms with Gasteiger partial charge in [-0.25, -0.2) is 14.4 Å². The number of rotatable bonds is 25. The van der Waals surface area contributed by atoms with E-state index < -0.39 is 75.8 Å². The fourth-order valence-corrected chi connectivity index (χ4v) is 10.0. The number of Topliss-reactive ketones (excluding diaryl/α,β-unsaturated/α-hetero) is 2. The smallest absolute Gasteiger partial charge is 0.408 e. The summed E-state index contributed by atoms with van der Waals surface area (Å²) in [6, 6.07) is 11.1. The summed E-state index contributed by atoms with van der Waals surface area (Å²) in [6.45, 7) is 7.28. The van der Waals surface area contributed by atoms with Gasteiger partial charge in [0, 0.05) is 60.9 Å². The maximum Gasteiger partial charge on any atom is 0.408 e. The molecule has 8 amide bonds. The number of benzene rings is 2. The van der Waals surface area contributed by atoms with Gasteiger partial charge in [0.2, 0.25) is 17.7 Å². The van der Waals surface area contributed by atoms with Gasteiger partial charge >= 0.3 is 18.1 Å². The number of urea groups is 1. The number of imide groups is 1. The standard InChI is InChI=1S/C47H59N7O12S/c1-27(2)38(51-35(57)15-9-6-10-23-53-36(58)20-21-37(53)59)33(55)24-30(14-11-22-49-45(48)64)41(60)50-31-18-16-28(17-19-31)26-66-46(65)52-39(29-12-7-5-8-13-29)34(56)25-32-42(61)54-40(44(62)63)47(3,4)67-43(32)54/h5,7-8,12-13,16-21,27,30,32,38-40,43H,6,9-11,14-15,22-26H2,1-4H3,(H,50,60)(H,51,57)(H,52,65)(H,62,63)(H3,48,49,64)/t30-,32-,38+,39-,40+,43-/m1/s1. The highest BCUT2D eigenvalue weighted by molar-refractivity contribution is 8.01. The lowest BCUT2D eigenvalue weighted by molar-refractivity contribution is -0.164. The first kappa shape index (κ1) is 51.4. The molecule has 2 aromatic carbocycles. The number of ketones is 2. The van der Waals surface area contributed by atoms with E-state index in [4.69, 9.17) is 10.5 Å². The van der Waals surface area contributed by atoms with Gasteiger partial charge in [-0.2, -0.15) is 0 Å². The van der Waals surface area contributed by atoms with Gasteiger partial charge in [0.05, 0.1) is 17.3 Å². The van der Waals surface area contributed by atoms with Crippen molar-refractivity contribution in [3.8, 4) is 0 Å². The maximum absolute atomic E-state index is 13.7. The molecule has 2 fully saturated rings. The molecule has 0 unspecified atom stereocenters. The number of nitrogens with one attached hydrogen (secondary N) is 4. The molecule has 2 aromatic rings. The van der Waals surface area contributed by atoms with E-state index in [0.717, 1.165) is 4.90 Å². The summed E-state index contributed by atoms with van der Waals surface area (Å²) in [4.78, 5) is 129. The van der Waals surface area contributed by atoms with Crippen LogP contribution in [0.5, 0.6) is 0 Å². The van der Waals surface area contributed by atoms with Gasteiger partial charge in [-0.1, -0.05) is 62.7 Å². The average Bonchev–Trinajstić information content (AvgIpc) is 3.74. The second kappa shape index (κ2) is 23.2. The lowest BCUT2D eigenvalue weighted by atomic mass is 9.86. The summed E-state index contributed by atoms with van der Waals surface area (Å²) in [7, 11) is 0. The van der Waals surface area contributed by atoms with Crippen molar-refractivity contribution in [2.45, 2.75) is 114 Å². The van der Waals surface area contributed by atoms with Gasteiger partial charge in [0.15, 0.2) is 11.6 Å². The fraction of sp³-hybridized carbons (Fsp3) is 0.489. The first-order valence-corrected chi connectivity index (χ1v) is 23.2. The molecule has 0 aromatic heterocycles. The Morgan fingerprint density at radius 3 is 2.16 bits per heavy atom. The van der Waals surface area contributed by atoms with E-state index in [-0.39, 0.29) is 74.8 Å². The summed E-state index contributed by atoms with van der Waals surface area (Å²) in [5.74, 6) is -5.75. The molecule has 3 aliphatic rings. The van der Waals surface area contributed by atoms with Gasteiger partial charge in [0.25, 0.3) is 11.8 Å². The van der Waals surface area contributed by atoms with Gasteiger partial charge in [-0.15, -0.1) is 11.8 Å². The number of carbonyl (C=O) groups excluding carboxylic acids is 9. The highest BCUT2D eigenvalue weighted by Crippen LogP contribution is 2.54. The van der Waals surface area contributed by atoms with E-state index in [1.807, 2.05) is 0 Å². The Hall–Kier alpha value is -6.57. The number of carbonyl (C=O) groups is 10. The SMILES string of the molecule is CC(C)[C@H](NC(=O)CCCCCN1C(=O)C=CC1=O)C(=O)C[C@@H](CCCNC(N)=O)C(=O)Nc1ccc(COC(=O)N[C@@H](C(=O)C[C@@H]2C(=O)N3[C@@H]2SC(C)(C)[C@@H]3C(=O)O)c2ccccc2)cc1. The van der Waals surface area contributed by atoms with Crippen LogP contribution in [0.1, 0.15) is 96.2 Å². The quantitative estimate of drug-likeness (QED) is 0.0468. The zero-order valence-corrected chi connectivity index (χ0v) is 38.8. The normalized spacial score (nSPS) is 19.5. The molecule has 6 atom stereocenters. The van der Waals surface area contributed by atoms with E-state index in [1.165, 1.54) is 28.8 Å². The molecule has 0 aliphatic carbocycles. The summed E-state index contributed by atoms with van der Waals surface area (Å²) in [5, 5.41) is 20.0. The number of hydrogen-bond acceptors (Lipinski definition) is 12. The molecule has 67 heavy (non-hydrogen) atoms. The number of thioether (sulfide) groups is 1. The molecule has 7 N–H and O–H groups in total. The summed E-state index contributed by atoms with van der Waals surface area (Å²) < 4.78 is 4.71. The minimum absolute atomic E-state index is 0.124. The average molecular weight is 946 g/mol. The van der Waals surface area contributed by atoms with Crippen LogP contribution >= 0.6 is 11.8 Å². The van der Waals surface area contributed by atoms with Crippen LogP contribution in [-0.4, -0.2) is 109 Å². The number of β-lactam (4-membered cyclic amide) rings is 1. The highest BCUT2D eigenvalue weighted by Gasteiger charge is 2.64. The third-order valence-electron chi connectivity index (χ3n) is 11.9. The number of alkyl carbamates (subject to hydrolysis) is 1. The van der Waals surface area contributed by atoms with E-state index in [2.05, 4.69) is 21.3 Å². The number of hydrogen-bond donors (Lipinski definition) is 6. The van der Waals surface area contributed by atoms with Crippen molar-refractivity contribution < 1.29 is 57.8 Å². The number of carboxylic acid groups (broad SMARTS) is 1. The monoisotopic (exact) mass is 945 g/mol. The predicted molar refractivity (Wildman–Crippen MR) is 245 cm³/mol. The van der Waals surface area contributed by atoms with Crippen molar-refractivity contribution in [3.63, 3.8) is 0 Å². The number of aliphatic carboxylic acids is 1. The molecule has 0 saturated carbocycles. The topological polar surface area (TPSA) is 281 Å². The Labute approximate surface area is 392 Å². The summed E-state index contributed by atoms with van der Waals surface area (Å²) in [5.41, 5.74) is 6.59. The first-order chi connectivity index (χ1) is 31.8. The minimum Gasteiger partial charge on any atom is -0.480 e. The van der Waals surface area contributed by atoms with Crippen LogP contribution in [0.4, 0.5) is 15.3 Å². The number of nitrogens with two attached hydrogens (primary N) is 1. The molecular weight excluding hydrogens is 887 g/mol. The van der Waals surface area contributed by atoms with Gasteiger partial charge < -0.3 is 41.7 Å². The molecule has 0 spiro atoms. The van der Waals surface area contributed by atoms with Gasteiger partial charge in [-0.05, 0) is 68.7 Å². The number of fused-ring (bicyclic) bond motifs is 1. The maximum atomic E-state index is 13.7. The van der Waals surface area contributed by atoms with Crippen LogP contribution in [0.15, 0.2) is 66.7 Å².